The van der Waals surface area contributed by atoms with Crippen molar-refractivity contribution < 1.29 is 0 Å². The number of hydrogen-bond donors (Lipinski definition) is 2. The van der Waals surface area contributed by atoms with Gasteiger partial charge in [0.2, 0.25) is 0 Å². The number of nitrogens with one attached hydrogen (secondary N) is 1. The molecular weight excluding hydrogens is 136 g/mol. The first-order chi connectivity index (χ1) is 3.50. The van der Waals surface area contributed by atoms with E-state index < -0.39 is 0 Å². The Hall–Kier alpha value is -0.730. The second-order valence-electron chi connectivity index (χ2n) is 1.27. The van der Waals surface area contributed by atoms with Gasteiger partial charge in [-0.25, -0.2) is 0 Å². The molecule has 0 aromatic heterocycles. The minimum Gasteiger partial charge on any atom is -0.368 e. The van der Waals surface area contributed by atoms with Crippen LogP contribution in [0.4, 0.5) is 0 Å². The molecule has 0 unspecified atom stereocenters. The van der Waals surface area contributed by atoms with E-state index in [9.17, 15) is 0 Å². The Kier molecular flexibility index (Phi) is 8.98. The maximum Gasteiger partial charge on any atom is 0.000442 e. The molecule has 3 heteroatoms. The van der Waals surface area contributed by atoms with E-state index in [1.165, 1.54) is 0 Å². The normalized spacial score (nSPS) is 12.4. The third-order valence-electron chi connectivity index (χ3n) is 0.718. The first-order valence-electron chi connectivity index (χ1n) is 2.24. The summed E-state index contributed by atoms with van der Waals surface area (Å²) in [6, 6.07) is 0. The molecule has 52 valence electrons. The van der Waals surface area contributed by atoms with Crippen LogP contribution in [0.5, 0.6) is 0 Å². The molecule has 1 heterocycles. The molecule has 1 aliphatic heterocycles. The second-order valence-corrected chi connectivity index (χ2v) is 1.27. The summed E-state index contributed by atoms with van der Waals surface area (Å²) in [5.41, 5.74) is 0. The quantitative estimate of drug-likeness (QED) is 0.547. The van der Waals surface area contributed by atoms with Gasteiger partial charge >= 0.3 is 0 Å². The van der Waals surface area contributed by atoms with Gasteiger partial charge in [0.15, 0.2) is 0 Å². The molecule has 2 nitrogen and oxygen atoms in total. The highest BCUT2D eigenvalue weighted by atomic mass is 35.5. The van der Waals surface area contributed by atoms with Gasteiger partial charge in [-0.15, -0.1) is 12.4 Å². The largest absolute Gasteiger partial charge is 0.368 e. The van der Waals surface area contributed by atoms with Crippen molar-refractivity contribution in [2.24, 2.45) is 0 Å². The van der Waals surface area contributed by atoms with E-state index in [1.54, 1.807) is 0 Å². The number of hydrogen-bond acceptors (Lipinski definition) is 2. The van der Waals surface area contributed by atoms with Crippen molar-refractivity contribution in [3.05, 3.63) is 36.7 Å². The van der Waals surface area contributed by atoms with E-state index in [1.807, 2.05) is 36.7 Å². The fourth-order valence-corrected chi connectivity index (χ4v) is 0.406. The lowest BCUT2D eigenvalue weighted by molar-refractivity contribution is 1.20. The fourth-order valence-electron chi connectivity index (χ4n) is 0.406. The molecule has 9 heavy (non-hydrogen) atoms. The van der Waals surface area contributed by atoms with Gasteiger partial charge in [-0.2, -0.15) is 0 Å². The van der Waals surface area contributed by atoms with E-state index in [-0.39, 0.29) is 18.6 Å². The summed E-state index contributed by atoms with van der Waals surface area (Å²) >= 11 is 0. The molecule has 0 aliphatic carbocycles. The van der Waals surface area contributed by atoms with Gasteiger partial charge in [0.25, 0.3) is 0 Å². The summed E-state index contributed by atoms with van der Waals surface area (Å²) < 4.78 is 0. The Labute approximate surface area is 61.3 Å². The molecule has 0 amide bonds. The van der Waals surface area contributed by atoms with Crippen LogP contribution in [0.2, 0.25) is 0 Å². The smallest absolute Gasteiger partial charge is 0.000442 e. The molecule has 0 radical (unpaired) electrons. The van der Waals surface area contributed by atoms with Gasteiger partial charge in [0.05, 0.1) is 0 Å². The molecule has 0 spiro atoms. The van der Waals surface area contributed by atoms with E-state index in [4.69, 9.17) is 0 Å². The van der Waals surface area contributed by atoms with E-state index in [0.29, 0.717) is 0 Å². The van der Waals surface area contributed by atoms with Gasteiger partial charge in [-0.3, -0.25) is 0 Å². The minimum absolute atomic E-state index is 0. The fraction of sp³-hybridized carbons (Fsp3) is 0. The summed E-state index contributed by atoms with van der Waals surface area (Å²) in [7, 11) is 0. The monoisotopic (exact) mass is 146 g/mol. The van der Waals surface area contributed by atoms with Crippen LogP contribution in [0.3, 0.4) is 0 Å². The topological polar surface area (TPSA) is 47.0 Å². The molecule has 0 atom stereocenters. The van der Waals surface area contributed by atoms with Crippen LogP contribution in [0.1, 0.15) is 0 Å². The molecule has 0 fully saturated rings. The van der Waals surface area contributed by atoms with Gasteiger partial charge in [-0.1, -0.05) is 12.2 Å². The van der Waals surface area contributed by atoms with Crippen LogP contribution < -0.4 is 11.5 Å². The number of rotatable bonds is 0. The molecular formula is C6H11ClN2. The highest BCUT2D eigenvalue weighted by molar-refractivity contribution is 5.85. The minimum atomic E-state index is 0. The molecule has 1 rings (SSSR count). The third-order valence-corrected chi connectivity index (χ3v) is 0.718. The first kappa shape index (κ1) is 11.1. The van der Waals surface area contributed by atoms with E-state index in [0.717, 1.165) is 0 Å². The van der Waals surface area contributed by atoms with Gasteiger partial charge in [0.1, 0.15) is 0 Å². The number of halogens is 1. The van der Waals surface area contributed by atoms with Gasteiger partial charge < -0.3 is 11.5 Å². The maximum atomic E-state index is 2.92. The molecule has 1 aliphatic rings. The van der Waals surface area contributed by atoms with Crippen molar-refractivity contribution in [1.82, 2.24) is 11.5 Å². The third kappa shape index (κ3) is 5.14. The predicted octanol–water partition coefficient (Wildman–Crippen LogP) is 1.76. The highest BCUT2D eigenvalue weighted by Crippen LogP contribution is 1.81. The maximum absolute atomic E-state index is 2.92. The van der Waals surface area contributed by atoms with Crippen molar-refractivity contribution >= 4 is 12.4 Å². The zero-order valence-corrected chi connectivity index (χ0v) is 5.90. The summed E-state index contributed by atoms with van der Waals surface area (Å²) in [5.74, 6) is 0. The summed E-state index contributed by atoms with van der Waals surface area (Å²) in [5, 5.41) is 2.92. The zero-order chi connectivity index (χ0) is 4.95. The zero-order valence-electron chi connectivity index (χ0n) is 5.08. The van der Waals surface area contributed by atoms with Crippen molar-refractivity contribution in [3.63, 3.8) is 0 Å². The Morgan fingerprint density at radius 1 is 0.778 bits per heavy atom. The Morgan fingerprint density at radius 2 is 1.22 bits per heavy atom. The second kappa shape index (κ2) is 7.27. The molecule has 0 aromatic rings. The van der Waals surface area contributed by atoms with E-state index in [2.05, 4.69) is 5.32 Å². The average Bonchev–Trinajstić information content (AvgIpc) is 1.90. The van der Waals surface area contributed by atoms with Crippen molar-refractivity contribution in [1.29, 1.82) is 0 Å². The average molecular weight is 147 g/mol. The van der Waals surface area contributed by atoms with E-state index >= 15 is 0 Å². The van der Waals surface area contributed by atoms with Gasteiger partial charge in [-0.05, 0) is 12.2 Å². The van der Waals surface area contributed by atoms with Crippen LogP contribution in [-0.4, -0.2) is 0 Å². The molecule has 0 saturated carbocycles. The van der Waals surface area contributed by atoms with Crippen LogP contribution in [0.15, 0.2) is 36.7 Å². The van der Waals surface area contributed by atoms with Crippen LogP contribution in [0.25, 0.3) is 0 Å². The lowest BCUT2D eigenvalue weighted by Crippen LogP contribution is -1.87. The Bertz CT molecular complexity index is 113. The summed E-state index contributed by atoms with van der Waals surface area (Å²) in [6.07, 6.45) is 11.6. The van der Waals surface area contributed by atoms with Crippen molar-refractivity contribution in [2.75, 3.05) is 0 Å². The lowest BCUT2D eigenvalue weighted by atomic mass is 10.5. The van der Waals surface area contributed by atoms with Crippen LogP contribution >= 0.6 is 12.4 Å². The lowest BCUT2D eigenvalue weighted by Gasteiger charge is -1.79. The number of allylic oxidation sites excluding steroid dienone is 4. The van der Waals surface area contributed by atoms with Crippen molar-refractivity contribution in [2.45, 2.75) is 0 Å². The SMILES string of the molecule is C1=CC=CNC=C1.Cl.N. The molecule has 4 N–H and O–H groups in total. The Morgan fingerprint density at radius 3 is 1.67 bits per heavy atom. The predicted molar refractivity (Wildman–Crippen MR) is 42.8 cm³/mol. The summed E-state index contributed by atoms with van der Waals surface area (Å²) in [4.78, 5) is 0. The van der Waals surface area contributed by atoms with Crippen molar-refractivity contribution in [3.8, 4) is 0 Å². The molecule has 0 bridgehead atoms. The molecule has 0 saturated heterocycles. The summed E-state index contributed by atoms with van der Waals surface area (Å²) in [6.45, 7) is 0. The van der Waals surface area contributed by atoms with Crippen LogP contribution in [0, 0.1) is 0 Å². The molecule has 0 aromatic carbocycles. The first-order valence-corrected chi connectivity index (χ1v) is 2.24. The standard InChI is InChI=1S/C6H7N.ClH.H3N/c1-2-4-6-7-5-3-1;;/h1-7H;1H;1H3. The van der Waals surface area contributed by atoms with Crippen LogP contribution in [-0.2, 0) is 0 Å². The highest BCUT2D eigenvalue weighted by Gasteiger charge is 1.67. The van der Waals surface area contributed by atoms with Gasteiger partial charge in [0, 0.05) is 12.4 Å². The Balaban J connectivity index is 0.